The van der Waals surface area contributed by atoms with Gasteiger partial charge in [-0.2, -0.15) is 5.10 Å². The van der Waals surface area contributed by atoms with E-state index in [0.717, 1.165) is 31.4 Å². The highest BCUT2D eigenvalue weighted by Crippen LogP contribution is 2.37. The number of piperidine rings is 1. The molecule has 1 N–H and O–H groups in total. The first kappa shape index (κ1) is 17.7. The number of nitrogens with one attached hydrogen (secondary N) is 1. The van der Waals surface area contributed by atoms with Crippen LogP contribution in [0.25, 0.3) is 0 Å². The van der Waals surface area contributed by atoms with E-state index in [1.807, 2.05) is 17.9 Å². The summed E-state index contributed by atoms with van der Waals surface area (Å²) >= 11 is 0. The fourth-order valence-corrected chi connectivity index (χ4v) is 4.50. The predicted molar refractivity (Wildman–Crippen MR) is 92.3 cm³/mol. The Bertz CT molecular complexity index is 652. The number of hydrogen-bond donors (Lipinski definition) is 1. The van der Waals surface area contributed by atoms with Crippen LogP contribution in [-0.2, 0) is 9.53 Å². The first-order chi connectivity index (χ1) is 12.5. The Balaban J connectivity index is 1.39. The molecule has 2 fully saturated rings. The Morgan fingerprint density at radius 1 is 1.35 bits per heavy atom. The molecule has 3 aliphatic rings. The maximum absolute atomic E-state index is 13.5. The standard InChI is InChI=1S/C18H26F2N4O2/c1-11-9-16-21-13(10-14(17(19)20)24(16)22-11)12-4-6-23(7-5-12)18(25)15-3-2-8-26-15/h9,12-15,17,21H,2-8,10H2,1H3/t13-,14+,15-/m0/s1. The number of halogens is 2. The maximum atomic E-state index is 13.5. The van der Waals surface area contributed by atoms with Crippen molar-refractivity contribution in [3.8, 4) is 0 Å². The molecule has 3 aliphatic heterocycles. The van der Waals surface area contributed by atoms with Crippen molar-refractivity contribution in [1.82, 2.24) is 14.7 Å². The number of aromatic nitrogens is 2. The molecule has 3 atom stereocenters. The van der Waals surface area contributed by atoms with Gasteiger partial charge >= 0.3 is 0 Å². The molecule has 144 valence electrons. The molecular formula is C18H26F2N4O2. The Morgan fingerprint density at radius 3 is 2.77 bits per heavy atom. The second-order valence-electron chi connectivity index (χ2n) is 7.67. The van der Waals surface area contributed by atoms with E-state index in [1.54, 1.807) is 0 Å². The number of likely N-dealkylation sites (tertiary alicyclic amines) is 1. The van der Waals surface area contributed by atoms with E-state index in [4.69, 9.17) is 4.74 Å². The molecule has 0 aliphatic carbocycles. The molecule has 4 rings (SSSR count). The molecule has 0 aromatic carbocycles. The summed E-state index contributed by atoms with van der Waals surface area (Å²) in [5.74, 6) is 1.06. The lowest BCUT2D eigenvalue weighted by Gasteiger charge is -2.40. The number of aryl methyl sites for hydroxylation is 1. The van der Waals surface area contributed by atoms with Crippen molar-refractivity contribution >= 4 is 11.7 Å². The lowest BCUT2D eigenvalue weighted by Crippen LogP contribution is -2.48. The maximum Gasteiger partial charge on any atom is 0.260 e. The minimum Gasteiger partial charge on any atom is -0.368 e. The van der Waals surface area contributed by atoms with Crippen molar-refractivity contribution in [2.24, 2.45) is 5.92 Å². The van der Waals surface area contributed by atoms with Gasteiger partial charge in [-0.05, 0) is 44.9 Å². The van der Waals surface area contributed by atoms with Gasteiger partial charge in [0.2, 0.25) is 0 Å². The first-order valence-corrected chi connectivity index (χ1v) is 9.54. The van der Waals surface area contributed by atoms with E-state index in [2.05, 4.69) is 10.4 Å². The monoisotopic (exact) mass is 368 g/mol. The zero-order valence-corrected chi connectivity index (χ0v) is 15.0. The van der Waals surface area contributed by atoms with Crippen LogP contribution in [0.5, 0.6) is 0 Å². The smallest absolute Gasteiger partial charge is 0.260 e. The van der Waals surface area contributed by atoms with Gasteiger partial charge in [-0.25, -0.2) is 13.5 Å². The van der Waals surface area contributed by atoms with E-state index in [9.17, 15) is 13.6 Å². The summed E-state index contributed by atoms with van der Waals surface area (Å²) in [7, 11) is 0. The number of hydrogen-bond acceptors (Lipinski definition) is 4. The number of ether oxygens (including phenoxy) is 1. The van der Waals surface area contributed by atoms with Gasteiger partial charge in [0.1, 0.15) is 18.0 Å². The number of carbonyl (C=O) groups excluding carboxylic acids is 1. The molecule has 4 heterocycles. The van der Waals surface area contributed by atoms with Gasteiger partial charge in [0.05, 0.1) is 5.69 Å². The second kappa shape index (κ2) is 7.13. The molecule has 2 saturated heterocycles. The molecule has 1 aromatic rings. The van der Waals surface area contributed by atoms with Gasteiger partial charge in [-0.3, -0.25) is 4.79 Å². The van der Waals surface area contributed by atoms with Gasteiger partial charge in [-0.1, -0.05) is 0 Å². The first-order valence-electron chi connectivity index (χ1n) is 9.54. The zero-order chi connectivity index (χ0) is 18.3. The van der Waals surface area contributed by atoms with Gasteiger partial charge < -0.3 is 15.0 Å². The number of rotatable bonds is 3. The van der Waals surface area contributed by atoms with Gasteiger partial charge in [0.25, 0.3) is 12.3 Å². The second-order valence-corrected chi connectivity index (χ2v) is 7.67. The molecule has 0 bridgehead atoms. The van der Waals surface area contributed by atoms with Crippen molar-refractivity contribution in [3.05, 3.63) is 11.8 Å². The summed E-state index contributed by atoms with van der Waals surface area (Å²) in [6.07, 6.45) is 1.08. The minimum atomic E-state index is -2.43. The number of fused-ring (bicyclic) bond motifs is 1. The van der Waals surface area contributed by atoms with Crippen LogP contribution >= 0.6 is 0 Å². The van der Waals surface area contributed by atoms with Crippen LogP contribution in [-0.4, -0.2) is 58.9 Å². The highest BCUT2D eigenvalue weighted by molar-refractivity contribution is 5.81. The predicted octanol–water partition coefficient (Wildman–Crippen LogP) is 2.60. The van der Waals surface area contributed by atoms with Crippen molar-refractivity contribution in [3.63, 3.8) is 0 Å². The molecule has 0 radical (unpaired) electrons. The van der Waals surface area contributed by atoms with E-state index >= 15 is 0 Å². The summed E-state index contributed by atoms with van der Waals surface area (Å²) in [6, 6.07) is 0.951. The van der Waals surface area contributed by atoms with Crippen LogP contribution in [0.4, 0.5) is 14.6 Å². The van der Waals surface area contributed by atoms with Gasteiger partial charge in [0.15, 0.2) is 0 Å². The number of amides is 1. The van der Waals surface area contributed by atoms with E-state index in [0.29, 0.717) is 31.9 Å². The molecule has 1 aromatic heterocycles. The van der Waals surface area contributed by atoms with Crippen LogP contribution in [0.15, 0.2) is 6.07 Å². The van der Waals surface area contributed by atoms with Crippen LogP contribution < -0.4 is 5.32 Å². The van der Waals surface area contributed by atoms with E-state index in [1.165, 1.54) is 4.68 Å². The Hall–Kier alpha value is -1.70. The van der Waals surface area contributed by atoms with Crippen LogP contribution in [0.1, 0.15) is 43.8 Å². The number of nitrogens with zero attached hydrogens (tertiary/aromatic N) is 3. The lowest BCUT2D eigenvalue weighted by atomic mass is 9.85. The number of alkyl halides is 2. The molecule has 1 amide bonds. The summed E-state index contributed by atoms with van der Waals surface area (Å²) in [6.45, 7) is 3.85. The minimum absolute atomic E-state index is 0.00224. The fourth-order valence-electron chi connectivity index (χ4n) is 4.50. The third-order valence-electron chi connectivity index (χ3n) is 5.92. The van der Waals surface area contributed by atoms with Crippen LogP contribution in [0.3, 0.4) is 0 Å². The quantitative estimate of drug-likeness (QED) is 0.891. The summed E-state index contributed by atoms with van der Waals surface area (Å²) < 4.78 is 34.0. The van der Waals surface area contributed by atoms with Crippen LogP contribution in [0.2, 0.25) is 0 Å². The zero-order valence-electron chi connectivity index (χ0n) is 15.0. The summed E-state index contributed by atoms with van der Waals surface area (Å²) in [4.78, 5) is 14.3. The van der Waals surface area contributed by atoms with Crippen LogP contribution in [0, 0.1) is 12.8 Å². The molecule has 26 heavy (non-hydrogen) atoms. The highest BCUT2D eigenvalue weighted by Gasteiger charge is 2.39. The SMILES string of the molecule is Cc1cc2n(n1)[C@@H](C(F)F)C[C@@H](C1CCN(C(=O)[C@@H]3CCCO3)CC1)N2. The topological polar surface area (TPSA) is 59.4 Å². The molecular weight excluding hydrogens is 342 g/mol. The number of carbonyl (C=O) groups is 1. The Kier molecular flexibility index (Phi) is 4.86. The molecule has 6 nitrogen and oxygen atoms in total. The molecule has 8 heteroatoms. The molecule has 0 saturated carbocycles. The average molecular weight is 368 g/mol. The molecule has 0 unspecified atom stereocenters. The Morgan fingerprint density at radius 2 is 2.12 bits per heavy atom. The molecule has 0 spiro atoms. The summed E-state index contributed by atoms with van der Waals surface area (Å²) in [5, 5.41) is 7.63. The van der Waals surface area contributed by atoms with E-state index in [-0.39, 0.29) is 24.0 Å². The Labute approximate surface area is 151 Å². The van der Waals surface area contributed by atoms with E-state index < -0.39 is 12.5 Å². The lowest BCUT2D eigenvalue weighted by molar-refractivity contribution is -0.142. The largest absolute Gasteiger partial charge is 0.368 e. The number of anilines is 1. The van der Waals surface area contributed by atoms with Crippen molar-refractivity contribution in [1.29, 1.82) is 0 Å². The van der Waals surface area contributed by atoms with Crippen molar-refractivity contribution in [2.75, 3.05) is 25.0 Å². The normalized spacial score (nSPS) is 29.7. The van der Waals surface area contributed by atoms with Crippen molar-refractivity contribution < 1.29 is 18.3 Å². The highest BCUT2D eigenvalue weighted by atomic mass is 19.3. The fraction of sp³-hybridized carbons (Fsp3) is 0.778. The average Bonchev–Trinajstić information content (AvgIpc) is 3.28. The third-order valence-corrected chi connectivity index (χ3v) is 5.92. The summed E-state index contributed by atoms with van der Waals surface area (Å²) in [5.41, 5.74) is 0.746. The third kappa shape index (κ3) is 3.31. The van der Waals surface area contributed by atoms with Gasteiger partial charge in [-0.15, -0.1) is 0 Å². The van der Waals surface area contributed by atoms with Crippen molar-refractivity contribution in [2.45, 2.75) is 63.6 Å². The van der Waals surface area contributed by atoms with Gasteiger partial charge in [0, 0.05) is 31.8 Å².